The Morgan fingerprint density at radius 3 is 2.67 bits per heavy atom. The van der Waals surface area contributed by atoms with Crippen LogP contribution < -0.4 is 10.5 Å². The van der Waals surface area contributed by atoms with E-state index in [1.165, 1.54) is 0 Å². The molecule has 0 fully saturated rings. The molecule has 110 valence electrons. The maximum atomic E-state index is 5.97. The van der Waals surface area contributed by atoms with Crippen molar-refractivity contribution in [2.24, 2.45) is 0 Å². The highest BCUT2D eigenvalue weighted by molar-refractivity contribution is 5.89. The highest BCUT2D eigenvalue weighted by Crippen LogP contribution is 2.26. The Bertz CT molecular complexity index is 741. The number of aromatic amines is 1. The van der Waals surface area contributed by atoms with Crippen molar-refractivity contribution in [2.45, 2.75) is 26.7 Å². The van der Waals surface area contributed by atoms with Crippen LogP contribution >= 0.6 is 0 Å². The molecule has 0 aliphatic rings. The van der Waals surface area contributed by atoms with Crippen LogP contribution in [-0.2, 0) is 6.42 Å². The van der Waals surface area contributed by atoms with Crippen molar-refractivity contribution >= 4 is 16.9 Å². The van der Waals surface area contributed by atoms with Crippen LogP contribution in [0.3, 0.4) is 0 Å². The zero-order chi connectivity index (χ0) is 14.8. The second-order valence-electron chi connectivity index (χ2n) is 4.87. The van der Waals surface area contributed by atoms with Gasteiger partial charge >= 0.3 is 0 Å². The van der Waals surface area contributed by atoms with Gasteiger partial charge in [-0.25, -0.2) is 4.68 Å². The number of anilines is 1. The van der Waals surface area contributed by atoms with Crippen molar-refractivity contribution in [2.75, 3.05) is 12.3 Å². The fraction of sp³-hybridized carbons (Fsp3) is 0.333. The second kappa shape index (κ2) is 5.47. The molecule has 0 radical (unpaired) electrons. The van der Waals surface area contributed by atoms with Crippen molar-refractivity contribution in [3.05, 3.63) is 30.0 Å². The van der Waals surface area contributed by atoms with Crippen LogP contribution in [-0.4, -0.2) is 26.6 Å². The SMILES string of the molecule is CCCc1nn(-c2ccc(OCC)cc2)c2n[nH]c(N)c12. The second-order valence-corrected chi connectivity index (χ2v) is 4.87. The van der Waals surface area contributed by atoms with Gasteiger partial charge in [0, 0.05) is 0 Å². The third-order valence-corrected chi connectivity index (χ3v) is 3.36. The average Bonchev–Trinajstić information content (AvgIpc) is 3.03. The maximum Gasteiger partial charge on any atom is 0.186 e. The minimum Gasteiger partial charge on any atom is -0.494 e. The van der Waals surface area contributed by atoms with Crippen LogP contribution in [0, 0.1) is 0 Å². The molecule has 3 N–H and O–H groups in total. The Balaban J connectivity index is 2.07. The molecule has 6 heteroatoms. The average molecular weight is 285 g/mol. The number of aromatic nitrogens is 4. The van der Waals surface area contributed by atoms with E-state index >= 15 is 0 Å². The quantitative estimate of drug-likeness (QED) is 0.755. The highest BCUT2D eigenvalue weighted by atomic mass is 16.5. The van der Waals surface area contributed by atoms with Crippen LogP contribution in [0.5, 0.6) is 5.75 Å². The van der Waals surface area contributed by atoms with E-state index < -0.39 is 0 Å². The normalized spacial score (nSPS) is 11.1. The minimum absolute atomic E-state index is 0.575. The Kier molecular flexibility index (Phi) is 3.51. The molecule has 21 heavy (non-hydrogen) atoms. The lowest BCUT2D eigenvalue weighted by molar-refractivity contribution is 0.340. The molecule has 0 saturated carbocycles. The van der Waals surface area contributed by atoms with E-state index in [0.717, 1.165) is 41.0 Å². The third kappa shape index (κ3) is 2.33. The van der Waals surface area contributed by atoms with E-state index in [2.05, 4.69) is 22.2 Å². The Labute approximate surface area is 122 Å². The van der Waals surface area contributed by atoms with Gasteiger partial charge in [-0.1, -0.05) is 13.3 Å². The monoisotopic (exact) mass is 285 g/mol. The molecule has 0 atom stereocenters. The molecule has 2 aromatic heterocycles. The van der Waals surface area contributed by atoms with Gasteiger partial charge in [0.15, 0.2) is 5.65 Å². The van der Waals surface area contributed by atoms with Crippen molar-refractivity contribution in [3.8, 4) is 11.4 Å². The Morgan fingerprint density at radius 2 is 2.00 bits per heavy atom. The number of aryl methyl sites for hydroxylation is 1. The number of hydrogen-bond donors (Lipinski definition) is 2. The molecule has 0 aliphatic heterocycles. The van der Waals surface area contributed by atoms with Gasteiger partial charge < -0.3 is 10.5 Å². The minimum atomic E-state index is 0.575. The van der Waals surface area contributed by atoms with E-state index in [4.69, 9.17) is 10.5 Å². The molecule has 0 aliphatic carbocycles. The fourth-order valence-corrected chi connectivity index (χ4v) is 2.44. The molecule has 0 spiro atoms. The lowest BCUT2D eigenvalue weighted by atomic mass is 10.2. The summed E-state index contributed by atoms with van der Waals surface area (Å²) >= 11 is 0. The summed E-state index contributed by atoms with van der Waals surface area (Å²) in [6, 6.07) is 7.81. The highest BCUT2D eigenvalue weighted by Gasteiger charge is 2.16. The summed E-state index contributed by atoms with van der Waals surface area (Å²) < 4.78 is 7.28. The van der Waals surface area contributed by atoms with Gasteiger partial charge in [0.1, 0.15) is 11.6 Å². The van der Waals surface area contributed by atoms with E-state index in [1.54, 1.807) is 0 Å². The number of nitrogen functional groups attached to an aromatic ring is 1. The van der Waals surface area contributed by atoms with Crippen molar-refractivity contribution < 1.29 is 4.74 Å². The van der Waals surface area contributed by atoms with E-state index in [9.17, 15) is 0 Å². The predicted octanol–water partition coefficient (Wildman–Crippen LogP) is 2.68. The Morgan fingerprint density at radius 1 is 1.24 bits per heavy atom. The predicted molar refractivity (Wildman–Crippen MR) is 82.8 cm³/mol. The maximum absolute atomic E-state index is 5.97. The first-order valence-corrected chi connectivity index (χ1v) is 7.19. The molecule has 0 bridgehead atoms. The van der Waals surface area contributed by atoms with Gasteiger partial charge in [0.05, 0.1) is 23.4 Å². The number of benzene rings is 1. The summed E-state index contributed by atoms with van der Waals surface area (Å²) in [5.41, 5.74) is 8.66. The lowest BCUT2D eigenvalue weighted by Crippen LogP contribution is -1.99. The summed E-state index contributed by atoms with van der Waals surface area (Å²) in [6.07, 6.45) is 1.89. The number of fused-ring (bicyclic) bond motifs is 1. The number of hydrogen-bond acceptors (Lipinski definition) is 4. The molecular formula is C15H19N5O. The molecule has 6 nitrogen and oxygen atoms in total. The number of nitrogens with two attached hydrogens (primary N) is 1. The number of ether oxygens (including phenoxy) is 1. The smallest absolute Gasteiger partial charge is 0.186 e. The molecule has 3 aromatic rings. The van der Waals surface area contributed by atoms with Gasteiger partial charge in [-0.05, 0) is 37.6 Å². The summed E-state index contributed by atoms with van der Waals surface area (Å²) in [4.78, 5) is 0. The van der Waals surface area contributed by atoms with Crippen molar-refractivity contribution in [3.63, 3.8) is 0 Å². The Hall–Kier alpha value is -2.50. The van der Waals surface area contributed by atoms with Gasteiger partial charge in [-0.2, -0.15) is 10.2 Å². The molecule has 2 heterocycles. The first kappa shape index (κ1) is 13.5. The molecule has 1 aromatic carbocycles. The third-order valence-electron chi connectivity index (χ3n) is 3.36. The van der Waals surface area contributed by atoms with Crippen LogP contribution in [0.2, 0.25) is 0 Å². The van der Waals surface area contributed by atoms with Gasteiger partial charge in [0.25, 0.3) is 0 Å². The first-order valence-electron chi connectivity index (χ1n) is 7.19. The number of nitrogens with zero attached hydrogens (tertiary/aromatic N) is 3. The molecule has 0 unspecified atom stereocenters. The van der Waals surface area contributed by atoms with E-state index in [1.807, 2.05) is 35.9 Å². The van der Waals surface area contributed by atoms with E-state index in [-0.39, 0.29) is 0 Å². The van der Waals surface area contributed by atoms with Crippen LogP contribution in [0.15, 0.2) is 24.3 Å². The van der Waals surface area contributed by atoms with Crippen LogP contribution in [0.25, 0.3) is 16.7 Å². The van der Waals surface area contributed by atoms with Crippen molar-refractivity contribution in [1.29, 1.82) is 0 Å². The number of rotatable bonds is 5. The zero-order valence-corrected chi connectivity index (χ0v) is 12.3. The van der Waals surface area contributed by atoms with Gasteiger partial charge in [-0.15, -0.1) is 0 Å². The molecule has 3 rings (SSSR count). The number of H-pyrrole nitrogens is 1. The molecule has 0 amide bonds. The largest absolute Gasteiger partial charge is 0.494 e. The standard InChI is InChI=1S/C15H19N5O/c1-3-5-12-13-14(16)17-18-15(13)20(19-12)10-6-8-11(9-7-10)21-4-2/h6-9H,3-5H2,1-2H3,(H3,16,17,18). The topological polar surface area (TPSA) is 81.8 Å². The summed E-state index contributed by atoms with van der Waals surface area (Å²) in [5.74, 6) is 1.42. The first-order chi connectivity index (χ1) is 10.2. The fourth-order valence-electron chi connectivity index (χ4n) is 2.44. The lowest BCUT2D eigenvalue weighted by Gasteiger charge is -2.05. The summed E-state index contributed by atoms with van der Waals surface area (Å²) in [7, 11) is 0. The van der Waals surface area contributed by atoms with E-state index in [0.29, 0.717) is 12.4 Å². The zero-order valence-electron chi connectivity index (χ0n) is 12.3. The van der Waals surface area contributed by atoms with Gasteiger partial charge in [0.2, 0.25) is 0 Å². The van der Waals surface area contributed by atoms with Gasteiger partial charge in [-0.3, -0.25) is 5.10 Å². The molecule has 0 saturated heterocycles. The van der Waals surface area contributed by atoms with Crippen LogP contribution in [0.1, 0.15) is 26.0 Å². The van der Waals surface area contributed by atoms with Crippen molar-refractivity contribution in [1.82, 2.24) is 20.0 Å². The van der Waals surface area contributed by atoms with Crippen LogP contribution in [0.4, 0.5) is 5.82 Å². The molecular weight excluding hydrogens is 266 g/mol. The summed E-state index contributed by atoms with van der Waals surface area (Å²) in [6.45, 7) is 4.74. The summed E-state index contributed by atoms with van der Waals surface area (Å²) in [5, 5.41) is 12.7. The number of nitrogens with one attached hydrogen (secondary N) is 1.